The minimum atomic E-state index is -2.73. The zero-order chi connectivity index (χ0) is 50.6. The number of hydrogen-bond acceptors (Lipinski definition) is 14. The second-order valence-electron chi connectivity index (χ2n) is 20.5. The van der Waals surface area contributed by atoms with E-state index in [1.165, 1.54) is 5.56 Å². The third-order valence-electron chi connectivity index (χ3n) is 15.3. The van der Waals surface area contributed by atoms with Crippen LogP contribution in [0.1, 0.15) is 64.0 Å². The van der Waals surface area contributed by atoms with Crippen LogP contribution in [0.3, 0.4) is 0 Å². The van der Waals surface area contributed by atoms with Crippen LogP contribution in [0.4, 0.5) is 40.2 Å². The van der Waals surface area contributed by atoms with Crippen molar-refractivity contribution in [1.29, 1.82) is 0 Å². The number of hydrogen-bond donors (Lipinski definition) is 3. The molecule has 3 aromatic carbocycles. The smallest absolute Gasteiger partial charge is 0.249 e. The molecule has 2 unspecified atom stereocenters. The molecule has 72 heavy (non-hydrogen) atoms. The number of nitrogens with zero attached hydrogens (tertiary/aromatic N) is 8. The summed E-state index contributed by atoms with van der Waals surface area (Å²) in [5.41, 5.74) is 6.21. The molecule has 2 aromatic heterocycles. The maximum Gasteiger partial charge on any atom is 0.249 e. The molecule has 19 heteroatoms. The van der Waals surface area contributed by atoms with Gasteiger partial charge in [0.1, 0.15) is 24.8 Å². The van der Waals surface area contributed by atoms with E-state index in [0.29, 0.717) is 70.8 Å². The third-order valence-corrected chi connectivity index (χ3v) is 17.5. The lowest BCUT2D eigenvalue weighted by molar-refractivity contribution is -0.137. The highest BCUT2D eigenvalue weighted by atomic mass is 79.9. The zero-order valence-electron chi connectivity index (χ0n) is 41.8. The van der Waals surface area contributed by atoms with Crippen LogP contribution < -0.4 is 40.7 Å². The van der Waals surface area contributed by atoms with E-state index in [4.69, 9.17) is 9.72 Å². The second kappa shape index (κ2) is 19.7. The number of amides is 4. The van der Waals surface area contributed by atoms with Gasteiger partial charge in [-0.2, -0.15) is 4.98 Å². The Hall–Kier alpha value is -6.10. The molecule has 7 heterocycles. The number of aryl methyl sites for hydroxylation is 1. The fraction of sp³-hybridized carbons (Fsp3) is 0.453. The standard InChI is InChI=1S/C53H63BrN11O6P/c1-7-32-26-40(58-52-56-29-38(54)48(60-52)57-41-30-55-39-11-9-8-10-36(39)47(41)72(5,6)70)45(71-4)28-44(32)62-20-17-34(18-21-62)61-22-24-63(25-23-61)50(68)33-16-19-64(31-33)35-12-13-42-37(27-35)53(2,3)51(69)65(42)43-14-15-46(66)59-49(43)67/h8-13,26-30,33-34,43H,7,14-25,31H2,1-6H3,(H,59,66,67)(H2,56,57,58,60). The number of imide groups is 1. The first-order valence-corrected chi connectivity index (χ1v) is 28.5. The van der Waals surface area contributed by atoms with Gasteiger partial charge in [0.2, 0.25) is 29.6 Å². The van der Waals surface area contributed by atoms with E-state index in [1.807, 2.05) is 50.2 Å². The van der Waals surface area contributed by atoms with Gasteiger partial charge >= 0.3 is 0 Å². The molecule has 0 aliphatic carbocycles. The number of pyridine rings is 1. The summed E-state index contributed by atoms with van der Waals surface area (Å²) < 4.78 is 20.2. The molecule has 10 rings (SSSR count). The van der Waals surface area contributed by atoms with Gasteiger partial charge in [-0.05, 0) is 117 Å². The molecule has 0 bridgehead atoms. The Morgan fingerprint density at radius 2 is 1.62 bits per heavy atom. The van der Waals surface area contributed by atoms with Crippen molar-refractivity contribution in [1.82, 2.24) is 30.1 Å². The van der Waals surface area contributed by atoms with Crippen molar-refractivity contribution in [3.8, 4) is 5.75 Å². The fourth-order valence-corrected chi connectivity index (χ4v) is 13.2. The van der Waals surface area contributed by atoms with Crippen molar-refractivity contribution in [3.63, 3.8) is 0 Å². The van der Waals surface area contributed by atoms with Crippen LogP contribution in [0, 0.1) is 5.92 Å². The van der Waals surface area contributed by atoms with Gasteiger partial charge in [0.15, 0.2) is 0 Å². The number of rotatable bonds is 12. The number of ether oxygens (including phenoxy) is 1. The summed E-state index contributed by atoms with van der Waals surface area (Å²) in [6, 6.07) is 17.6. The van der Waals surface area contributed by atoms with Crippen LogP contribution in [0.25, 0.3) is 10.9 Å². The summed E-state index contributed by atoms with van der Waals surface area (Å²) in [5.74, 6) is 0.782. The fourth-order valence-electron chi connectivity index (χ4n) is 11.4. The monoisotopic (exact) mass is 1060 g/mol. The summed E-state index contributed by atoms with van der Waals surface area (Å²) in [5, 5.41) is 10.7. The molecule has 4 fully saturated rings. The molecule has 0 radical (unpaired) electrons. The van der Waals surface area contributed by atoms with E-state index < -0.39 is 24.5 Å². The van der Waals surface area contributed by atoms with Crippen LogP contribution in [0.15, 0.2) is 71.5 Å². The number of nitrogens with one attached hydrogen (secondary N) is 3. The lowest BCUT2D eigenvalue weighted by Gasteiger charge is -2.44. The molecule has 0 saturated carbocycles. The van der Waals surface area contributed by atoms with Crippen LogP contribution in [0.5, 0.6) is 5.75 Å². The van der Waals surface area contributed by atoms with Crippen molar-refractivity contribution in [2.45, 2.75) is 76.8 Å². The summed E-state index contributed by atoms with van der Waals surface area (Å²) in [6.07, 6.45) is 7.52. The molecule has 5 aliphatic rings. The van der Waals surface area contributed by atoms with Gasteiger partial charge in [0.25, 0.3) is 0 Å². The number of halogens is 1. The van der Waals surface area contributed by atoms with Crippen molar-refractivity contribution in [2.75, 3.05) is 98.1 Å². The summed E-state index contributed by atoms with van der Waals surface area (Å²) in [7, 11) is -1.06. The molecule has 4 amide bonds. The van der Waals surface area contributed by atoms with Gasteiger partial charge in [0.05, 0.1) is 46.0 Å². The molecular formula is C53H63BrN11O6P. The van der Waals surface area contributed by atoms with E-state index >= 15 is 0 Å². The molecule has 2 atom stereocenters. The van der Waals surface area contributed by atoms with Gasteiger partial charge in [-0.1, -0.05) is 25.1 Å². The largest absolute Gasteiger partial charge is 0.494 e. The Balaban J connectivity index is 0.738. The number of anilines is 7. The number of para-hydroxylation sites is 1. The Bertz CT molecular complexity index is 3020. The number of carbonyl (C=O) groups is 4. The minimum absolute atomic E-state index is 0.0996. The molecule has 5 aromatic rings. The van der Waals surface area contributed by atoms with Crippen LogP contribution in [0.2, 0.25) is 0 Å². The van der Waals surface area contributed by atoms with E-state index in [2.05, 4.69) is 86.6 Å². The predicted octanol–water partition coefficient (Wildman–Crippen LogP) is 7.16. The first-order valence-electron chi connectivity index (χ1n) is 25.1. The average molecular weight is 1060 g/mol. The Morgan fingerprint density at radius 3 is 2.35 bits per heavy atom. The minimum Gasteiger partial charge on any atom is -0.494 e. The summed E-state index contributed by atoms with van der Waals surface area (Å²) in [4.78, 5) is 77.3. The Kier molecular flexibility index (Phi) is 13.6. The van der Waals surface area contributed by atoms with Gasteiger partial charge in [-0.25, -0.2) is 4.98 Å². The maximum absolute atomic E-state index is 14.0. The van der Waals surface area contributed by atoms with Crippen LogP contribution in [-0.4, -0.2) is 133 Å². The number of methoxy groups -OCH3 is 1. The Morgan fingerprint density at radius 1 is 0.875 bits per heavy atom. The van der Waals surface area contributed by atoms with E-state index in [0.717, 1.165) is 91.9 Å². The van der Waals surface area contributed by atoms with Crippen molar-refractivity contribution in [2.24, 2.45) is 5.92 Å². The van der Waals surface area contributed by atoms with Gasteiger partial charge in [-0.15, -0.1) is 0 Å². The molecule has 4 saturated heterocycles. The molecule has 5 aliphatic heterocycles. The van der Waals surface area contributed by atoms with Gasteiger partial charge in [0, 0.05) is 105 Å². The van der Waals surface area contributed by atoms with Crippen LogP contribution in [-0.2, 0) is 35.6 Å². The third kappa shape index (κ3) is 9.41. The molecule has 3 N–H and O–H groups in total. The molecule has 378 valence electrons. The van der Waals surface area contributed by atoms with E-state index in [9.17, 15) is 23.7 Å². The number of benzene rings is 3. The first kappa shape index (κ1) is 49.5. The topological polar surface area (TPSA) is 186 Å². The van der Waals surface area contributed by atoms with Crippen molar-refractivity contribution in [3.05, 3.63) is 82.6 Å². The molecule has 0 spiro atoms. The lowest BCUT2D eigenvalue weighted by Crippen LogP contribution is -2.55. The summed E-state index contributed by atoms with van der Waals surface area (Å²) >= 11 is 3.61. The SMILES string of the molecule is CCc1cc(Nc2ncc(Br)c(Nc3cnc4ccccc4c3P(C)(C)=O)n2)c(OC)cc1N1CCC(N2CCN(C(=O)C3CCN(c4ccc5c(c4)C(C)(C)C(=O)N5C4CCC(=O)NC4=O)C3)CC2)CC1. The highest BCUT2D eigenvalue weighted by Crippen LogP contribution is 2.46. The van der Waals surface area contributed by atoms with E-state index in [-0.39, 0.29) is 30.1 Å². The molecule has 17 nitrogen and oxygen atoms in total. The summed E-state index contributed by atoms with van der Waals surface area (Å²) in [6.45, 7) is 15.8. The number of fused-ring (bicyclic) bond motifs is 2. The highest BCUT2D eigenvalue weighted by molar-refractivity contribution is 9.10. The second-order valence-corrected chi connectivity index (χ2v) is 24.5. The van der Waals surface area contributed by atoms with Crippen LogP contribution >= 0.6 is 23.1 Å². The van der Waals surface area contributed by atoms with Crippen molar-refractivity contribution >= 4 is 103 Å². The number of carbonyl (C=O) groups excluding carboxylic acids is 4. The zero-order valence-corrected chi connectivity index (χ0v) is 44.3. The lowest BCUT2D eigenvalue weighted by atomic mass is 9.86. The predicted molar refractivity (Wildman–Crippen MR) is 286 cm³/mol. The maximum atomic E-state index is 14.0. The molecular weight excluding hydrogens is 998 g/mol. The normalized spacial score (nSPS) is 20.8. The average Bonchev–Trinajstić information content (AvgIpc) is 3.94. The first-order chi connectivity index (χ1) is 34.5. The van der Waals surface area contributed by atoms with Crippen molar-refractivity contribution < 1.29 is 28.5 Å². The number of piperidine rings is 2. The highest BCUT2D eigenvalue weighted by Gasteiger charge is 2.49. The van der Waals surface area contributed by atoms with Gasteiger partial charge in [-0.3, -0.25) is 39.3 Å². The number of piperazine rings is 1. The Labute approximate surface area is 428 Å². The van der Waals surface area contributed by atoms with E-state index in [1.54, 1.807) is 37.7 Å². The number of aromatic nitrogens is 3. The quantitative estimate of drug-likeness (QED) is 0.0845. The van der Waals surface area contributed by atoms with Gasteiger partial charge < -0.3 is 34.6 Å².